The highest BCUT2D eigenvalue weighted by Crippen LogP contribution is 1.96. The van der Waals surface area contributed by atoms with Gasteiger partial charge in [-0.2, -0.15) is 5.10 Å². The zero-order chi connectivity index (χ0) is 10.9. The first-order valence-electron chi connectivity index (χ1n) is 4.79. The van der Waals surface area contributed by atoms with E-state index in [4.69, 9.17) is 0 Å². The molecule has 1 aromatic carbocycles. The molecule has 0 unspecified atom stereocenters. The Bertz CT molecular complexity index is 323. The standard InChI is InChI=1S/C11H14N2O2/c1-2-15-11(14)9-13-12-8-10-6-4-3-5-7-10/h3-7,9,12H,2,8H2,1H3. The van der Waals surface area contributed by atoms with E-state index in [2.05, 4.69) is 15.3 Å². The normalized spacial score (nSPS) is 10.2. The van der Waals surface area contributed by atoms with Gasteiger partial charge in [0.15, 0.2) is 0 Å². The number of hydrogen-bond acceptors (Lipinski definition) is 4. The van der Waals surface area contributed by atoms with Crippen molar-refractivity contribution in [3.63, 3.8) is 0 Å². The minimum Gasteiger partial charge on any atom is -0.462 e. The molecule has 1 rings (SSSR count). The molecule has 0 bridgehead atoms. The maximum atomic E-state index is 10.8. The molecule has 0 aliphatic carbocycles. The van der Waals surface area contributed by atoms with E-state index in [9.17, 15) is 4.79 Å². The molecule has 4 nitrogen and oxygen atoms in total. The van der Waals surface area contributed by atoms with Crippen LogP contribution in [0.4, 0.5) is 0 Å². The van der Waals surface area contributed by atoms with E-state index in [-0.39, 0.29) is 0 Å². The third kappa shape index (κ3) is 4.81. The van der Waals surface area contributed by atoms with Crippen molar-refractivity contribution in [1.29, 1.82) is 0 Å². The molecule has 0 radical (unpaired) electrons. The summed E-state index contributed by atoms with van der Waals surface area (Å²) in [6, 6.07) is 9.81. The quantitative estimate of drug-likeness (QED) is 0.449. The summed E-state index contributed by atoms with van der Waals surface area (Å²) >= 11 is 0. The van der Waals surface area contributed by atoms with Crippen molar-refractivity contribution in [3.8, 4) is 0 Å². The van der Waals surface area contributed by atoms with Crippen LogP contribution in [0.15, 0.2) is 35.4 Å². The Hall–Kier alpha value is -1.84. The van der Waals surface area contributed by atoms with Gasteiger partial charge in [0, 0.05) is 0 Å². The average molecular weight is 206 g/mol. The molecule has 0 amide bonds. The van der Waals surface area contributed by atoms with E-state index < -0.39 is 5.97 Å². The predicted octanol–water partition coefficient (Wildman–Crippen LogP) is 1.33. The van der Waals surface area contributed by atoms with Crippen molar-refractivity contribution in [2.45, 2.75) is 13.5 Å². The molecule has 80 valence electrons. The van der Waals surface area contributed by atoms with E-state index >= 15 is 0 Å². The molecular weight excluding hydrogens is 192 g/mol. The zero-order valence-electron chi connectivity index (χ0n) is 8.64. The van der Waals surface area contributed by atoms with Crippen LogP contribution in [0.1, 0.15) is 12.5 Å². The second-order valence-electron chi connectivity index (χ2n) is 2.83. The molecule has 1 N–H and O–H groups in total. The smallest absolute Gasteiger partial charge is 0.351 e. The van der Waals surface area contributed by atoms with Gasteiger partial charge in [-0.3, -0.25) is 0 Å². The molecule has 0 saturated heterocycles. The van der Waals surface area contributed by atoms with Crippen molar-refractivity contribution in [3.05, 3.63) is 35.9 Å². The fraction of sp³-hybridized carbons (Fsp3) is 0.273. The van der Waals surface area contributed by atoms with E-state index in [1.165, 1.54) is 0 Å². The molecule has 0 heterocycles. The largest absolute Gasteiger partial charge is 0.462 e. The van der Waals surface area contributed by atoms with Gasteiger partial charge < -0.3 is 10.2 Å². The maximum absolute atomic E-state index is 10.8. The van der Waals surface area contributed by atoms with Crippen LogP contribution in [-0.4, -0.2) is 18.8 Å². The molecule has 15 heavy (non-hydrogen) atoms. The molecular formula is C11H14N2O2. The van der Waals surface area contributed by atoms with Crippen LogP contribution in [0.5, 0.6) is 0 Å². The van der Waals surface area contributed by atoms with Crippen LogP contribution in [0.2, 0.25) is 0 Å². The van der Waals surface area contributed by atoms with Crippen LogP contribution >= 0.6 is 0 Å². The first-order valence-corrected chi connectivity index (χ1v) is 4.79. The highest BCUT2D eigenvalue weighted by Gasteiger charge is 1.93. The number of hydrazone groups is 1. The molecule has 0 spiro atoms. The van der Waals surface area contributed by atoms with Crippen molar-refractivity contribution in [2.24, 2.45) is 5.10 Å². The Morgan fingerprint density at radius 1 is 1.47 bits per heavy atom. The van der Waals surface area contributed by atoms with Crippen molar-refractivity contribution >= 4 is 12.2 Å². The van der Waals surface area contributed by atoms with Crippen molar-refractivity contribution in [1.82, 2.24) is 5.43 Å². The summed E-state index contributed by atoms with van der Waals surface area (Å²) in [7, 11) is 0. The molecule has 0 fully saturated rings. The first kappa shape index (κ1) is 11.2. The molecule has 0 aliphatic heterocycles. The number of carbonyl (C=O) groups excluding carboxylic acids is 1. The summed E-state index contributed by atoms with van der Waals surface area (Å²) in [6.45, 7) is 2.71. The van der Waals surface area contributed by atoms with Crippen LogP contribution in [-0.2, 0) is 16.1 Å². The lowest BCUT2D eigenvalue weighted by molar-refractivity contribution is -0.134. The van der Waals surface area contributed by atoms with Crippen LogP contribution in [0.3, 0.4) is 0 Å². The first-order chi connectivity index (χ1) is 7.33. The van der Waals surface area contributed by atoms with E-state index in [1.54, 1.807) is 6.92 Å². The van der Waals surface area contributed by atoms with E-state index in [0.29, 0.717) is 13.2 Å². The summed E-state index contributed by atoms with van der Waals surface area (Å²) < 4.78 is 4.67. The average Bonchev–Trinajstić information content (AvgIpc) is 2.26. The summed E-state index contributed by atoms with van der Waals surface area (Å²) in [5, 5.41) is 3.74. The molecule has 4 heteroatoms. The van der Waals surface area contributed by atoms with Gasteiger partial charge in [-0.05, 0) is 12.5 Å². The Morgan fingerprint density at radius 3 is 2.87 bits per heavy atom. The highest BCUT2D eigenvalue weighted by molar-refractivity contribution is 6.23. The number of nitrogens with one attached hydrogen (secondary N) is 1. The van der Waals surface area contributed by atoms with Crippen LogP contribution in [0, 0.1) is 0 Å². The number of esters is 1. The van der Waals surface area contributed by atoms with Gasteiger partial charge in [-0.25, -0.2) is 4.79 Å². The van der Waals surface area contributed by atoms with Crippen LogP contribution in [0.25, 0.3) is 0 Å². The number of benzene rings is 1. The second-order valence-corrected chi connectivity index (χ2v) is 2.83. The predicted molar refractivity (Wildman–Crippen MR) is 58.4 cm³/mol. The van der Waals surface area contributed by atoms with Crippen molar-refractivity contribution in [2.75, 3.05) is 6.61 Å². The Balaban J connectivity index is 2.24. The van der Waals surface area contributed by atoms with Gasteiger partial charge in [0.05, 0.1) is 13.2 Å². The lowest BCUT2D eigenvalue weighted by Crippen LogP contribution is -2.10. The van der Waals surface area contributed by atoms with E-state index in [0.717, 1.165) is 11.8 Å². The highest BCUT2D eigenvalue weighted by atomic mass is 16.5. The molecule has 0 aliphatic rings. The number of rotatable bonds is 5. The van der Waals surface area contributed by atoms with Gasteiger partial charge in [0.25, 0.3) is 0 Å². The summed E-state index contributed by atoms with van der Waals surface area (Å²) in [4.78, 5) is 10.8. The molecule has 0 aromatic heterocycles. The molecule has 1 aromatic rings. The summed E-state index contributed by atoms with van der Waals surface area (Å²) in [6.07, 6.45) is 1.13. The fourth-order valence-corrected chi connectivity index (χ4v) is 1.01. The number of carbonyl (C=O) groups is 1. The van der Waals surface area contributed by atoms with Gasteiger partial charge in [-0.1, -0.05) is 30.3 Å². The topological polar surface area (TPSA) is 50.7 Å². The lowest BCUT2D eigenvalue weighted by atomic mass is 10.2. The molecule has 0 atom stereocenters. The lowest BCUT2D eigenvalue weighted by Gasteiger charge is -1.99. The zero-order valence-corrected chi connectivity index (χ0v) is 8.64. The minimum atomic E-state index is -0.432. The monoisotopic (exact) mass is 206 g/mol. The summed E-state index contributed by atoms with van der Waals surface area (Å²) in [5.41, 5.74) is 3.87. The maximum Gasteiger partial charge on any atom is 0.351 e. The summed E-state index contributed by atoms with van der Waals surface area (Å²) in [5.74, 6) is -0.432. The Labute approximate surface area is 88.9 Å². The Kier molecular flexibility index (Phi) is 4.94. The van der Waals surface area contributed by atoms with Gasteiger partial charge in [0.1, 0.15) is 6.21 Å². The van der Waals surface area contributed by atoms with E-state index in [1.807, 2.05) is 30.3 Å². The molecule has 0 saturated carbocycles. The number of ether oxygens (including phenoxy) is 1. The Morgan fingerprint density at radius 2 is 2.20 bits per heavy atom. The van der Waals surface area contributed by atoms with Gasteiger partial charge in [-0.15, -0.1) is 0 Å². The third-order valence-electron chi connectivity index (χ3n) is 1.67. The minimum absolute atomic E-state index is 0.365. The van der Waals surface area contributed by atoms with Gasteiger partial charge in [0.2, 0.25) is 0 Å². The number of nitrogens with zero attached hydrogens (tertiary/aromatic N) is 1. The van der Waals surface area contributed by atoms with Gasteiger partial charge >= 0.3 is 5.97 Å². The van der Waals surface area contributed by atoms with Crippen molar-refractivity contribution < 1.29 is 9.53 Å². The van der Waals surface area contributed by atoms with Crippen LogP contribution < -0.4 is 5.43 Å². The SMILES string of the molecule is CCOC(=O)C=NNCc1ccccc1. The second kappa shape index (κ2) is 6.59. The fourth-order valence-electron chi connectivity index (χ4n) is 1.01. The number of hydrogen-bond donors (Lipinski definition) is 1. The third-order valence-corrected chi connectivity index (χ3v) is 1.67.